The second kappa shape index (κ2) is 8.93. The Morgan fingerprint density at radius 3 is 2.71 bits per heavy atom. The Morgan fingerprint density at radius 2 is 2.00 bits per heavy atom. The molecule has 0 N–H and O–H groups in total. The molecule has 0 bridgehead atoms. The fourth-order valence-electron chi connectivity index (χ4n) is 3.43. The van der Waals surface area contributed by atoms with Crippen LogP contribution in [-0.4, -0.2) is 46.1 Å². The zero-order valence-electron chi connectivity index (χ0n) is 16.9. The van der Waals surface area contributed by atoms with Gasteiger partial charge in [-0.25, -0.2) is 4.98 Å². The number of morpholine rings is 1. The molecule has 1 saturated heterocycles. The fourth-order valence-corrected chi connectivity index (χ4v) is 3.43. The van der Waals surface area contributed by atoms with E-state index >= 15 is 0 Å². The predicted molar refractivity (Wildman–Crippen MR) is 107 cm³/mol. The van der Waals surface area contributed by atoms with E-state index in [4.69, 9.17) is 9.47 Å². The maximum atomic E-state index is 12.6. The molecule has 0 amide bonds. The second-order valence-electron chi connectivity index (χ2n) is 7.17. The zero-order valence-corrected chi connectivity index (χ0v) is 16.9. The lowest BCUT2D eigenvalue weighted by Crippen LogP contribution is -2.39. The van der Waals surface area contributed by atoms with Crippen molar-refractivity contribution in [1.29, 1.82) is 0 Å². The summed E-state index contributed by atoms with van der Waals surface area (Å²) in [5, 5.41) is 4.58. The highest BCUT2D eigenvalue weighted by Gasteiger charge is 2.30. The van der Waals surface area contributed by atoms with Gasteiger partial charge in [0.1, 0.15) is 17.7 Å². The molecule has 7 nitrogen and oxygen atoms in total. The molecule has 1 aliphatic rings. The summed E-state index contributed by atoms with van der Waals surface area (Å²) in [5.41, 5.74) is 1.07. The van der Waals surface area contributed by atoms with E-state index < -0.39 is 11.7 Å². The van der Waals surface area contributed by atoms with E-state index in [9.17, 15) is 13.2 Å². The number of hydrogen-bond acceptors (Lipinski definition) is 6. The van der Waals surface area contributed by atoms with Gasteiger partial charge in [-0.1, -0.05) is 0 Å². The van der Waals surface area contributed by atoms with Crippen molar-refractivity contribution in [3.8, 4) is 5.75 Å². The average molecular weight is 433 g/mol. The first kappa shape index (κ1) is 21.1. The number of ether oxygens (including phenoxy) is 2. The summed E-state index contributed by atoms with van der Waals surface area (Å²) >= 11 is 0. The van der Waals surface area contributed by atoms with Crippen LogP contribution in [0.2, 0.25) is 0 Å². The fraction of sp³-hybridized carbons (Fsp3) is 0.381. The van der Waals surface area contributed by atoms with Crippen LogP contribution in [0.25, 0.3) is 0 Å². The molecule has 10 heteroatoms. The van der Waals surface area contributed by atoms with E-state index in [1.807, 2.05) is 13.1 Å². The summed E-state index contributed by atoms with van der Waals surface area (Å²) in [6, 6.07) is 6.66. The third-order valence-electron chi connectivity index (χ3n) is 5.07. The first-order valence-corrected chi connectivity index (χ1v) is 9.85. The summed E-state index contributed by atoms with van der Waals surface area (Å²) in [7, 11) is 1.85. The SMILES string of the molecule is Cn1nc([C@H]2CN(c3cnccn3)CCO2)cc1CCOc1ccc(C(F)(F)F)cc1. The Hall–Kier alpha value is -3.14. The lowest BCUT2D eigenvalue weighted by molar-refractivity contribution is -0.137. The van der Waals surface area contributed by atoms with Gasteiger partial charge in [0, 0.05) is 38.1 Å². The van der Waals surface area contributed by atoms with E-state index in [-0.39, 0.29) is 6.10 Å². The van der Waals surface area contributed by atoms with Gasteiger partial charge in [-0.05, 0) is 30.3 Å². The van der Waals surface area contributed by atoms with Gasteiger partial charge in [0.25, 0.3) is 0 Å². The Bertz CT molecular complexity index is 992. The molecular weight excluding hydrogens is 411 g/mol. The summed E-state index contributed by atoms with van der Waals surface area (Å²) < 4.78 is 51.2. The third-order valence-corrected chi connectivity index (χ3v) is 5.07. The Kier molecular flexibility index (Phi) is 6.08. The first-order chi connectivity index (χ1) is 14.9. The highest BCUT2D eigenvalue weighted by Crippen LogP contribution is 2.30. The second-order valence-corrected chi connectivity index (χ2v) is 7.17. The molecule has 164 valence electrons. The van der Waals surface area contributed by atoms with Crippen LogP contribution in [0.15, 0.2) is 48.9 Å². The standard InChI is InChI=1S/C21H22F3N5O2/c1-28-16(6-10-30-17-4-2-15(3-5-17)21(22,23)24)12-18(27-28)19-14-29(9-11-31-19)20-13-25-7-8-26-20/h2-5,7-8,12-13,19H,6,9-11,14H2,1H3/t19-/m1/s1. The van der Waals surface area contributed by atoms with E-state index in [1.54, 1.807) is 23.3 Å². The average Bonchev–Trinajstić information content (AvgIpc) is 3.15. The molecule has 3 aromatic rings. The molecule has 4 rings (SSSR count). The number of anilines is 1. The van der Waals surface area contributed by atoms with Gasteiger partial charge in [-0.3, -0.25) is 9.67 Å². The molecule has 31 heavy (non-hydrogen) atoms. The number of rotatable bonds is 6. The molecule has 3 heterocycles. The normalized spacial score (nSPS) is 17.0. The highest BCUT2D eigenvalue weighted by atomic mass is 19.4. The summed E-state index contributed by atoms with van der Waals surface area (Å²) in [6.45, 7) is 2.23. The highest BCUT2D eigenvalue weighted by molar-refractivity contribution is 5.36. The molecule has 1 fully saturated rings. The van der Waals surface area contributed by atoms with Crippen LogP contribution in [0.4, 0.5) is 19.0 Å². The molecule has 2 aromatic heterocycles. The van der Waals surface area contributed by atoms with Gasteiger partial charge in [0.2, 0.25) is 0 Å². The molecule has 1 aliphatic heterocycles. The van der Waals surface area contributed by atoms with Crippen LogP contribution in [0.5, 0.6) is 5.75 Å². The molecular formula is C21H22F3N5O2. The molecule has 0 unspecified atom stereocenters. The lowest BCUT2D eigenvalue weighted by atomic mass is 10.2. The Labute approximate surface area is 177 Å². The first-order valence-electron chi connectivity index (χ1n) is 9.85. The monoisotopic (exact) mass is 433 g/mol. The third kappa shape index (κ3) is 5.13. The largest absolute Gasteiger partial charge is 0.493 e. The van der Waals surface area contributed by atoms with Crippen LogP contribution in [-0.2, 0) is 24.4 Å². The van der Waals surface area contributed by atoms with Gasteiger partial charge in [0.15, 0.2) is 0 Å². The smallest absolute Gasteiger partial charge is 0.416 e. The molecule has 1 aromatic carbocycles. The minimum absolute atomic E-state index is 0.188. The molecule has 0 saturated carbocycles. The zero-order chi connectivity index (χ0) is 21.8. The molecule has 1 atom stereocenters. The van der Waals surface area contributed by atoms with Crippen LogP contribution in [0.1, 0.15) is 23.1 Å². The van der Waals surface area contributed by atoms with Gasteiger partial charge < -0.3 is 14.4 Å². The van der Waals surface area contributed by atoms with Crippen molar-refractivity contribution in [2.24, 2.45) is 7.05 Å². The Morgan fingerprint density at radius 1 is 1.19 bits per heavy atom. The number of benzene rings is 1. The summed E-state index contributed by atoms with van der Waals surface area (Å²) in [4.78, 5) is 10.6. The number of aryl methyl sites for hydroxylation is 1. The van der Waals surface area contributed by atoms with Gasteiger partial charge in [-0.2, -0.15) is 18.3 Å². The van der Waals surface area contributed by atoms with Gasteiger partial charge >= 0.3 is 6.18 Å². The maximum Gasteiger partial charge on any atom is 0.416 e. The van der Waals surface area contributed by atoms with E-state index in [2.05, 4.69) is 20.0 Å². The molecule has 0 spiro atoms. The van der Waals surface area contributed by atoms with Crippen molar-refractivity contribution < 1.29 is 22.6 Å². The van der Waals surface area contributed by atoms with Crippen molar-refractivity contribution in [3.05, 3.63) is 65.9 Å². The van der Waals surface area contributed by atoms with E-state index in [1.165, 1.54) is 12.1 Å². The number of aromatic nitrogens is 4. The summed E-state index contributed by atoms with van der Waals surface area (Å²) in [5.74, 6) is 1.20. The lowest BCUT2D eigenvalue weighted by Gasteiger charge is -2.32. The van der Waals surface area contributed by atoms with Crippen LogP contribution >= 0.6 is 0 Å². The maximum absolute atomic E-state index is 12.6. The van der Waals surface area contributed by atoms with E-state index in [0.717, 1.165) is 35.9 Å². The quantitative estimate of drug-likeness (QED) is 0.594. The Balaban J connectivity index is 1.34. The van der Waals surface area contributed by atoms with Crippen molar-refractivity contribution in [2.45, 2.75) is 18.7 Å². The molecule has 0 aliphatic carbocycles. The van der Waals surface area contributed by atoms with Crippen molar-refractivity contribution in [3.63, 3.8) is 0 Å². The number of hydrogen-bond donors (Lipinski definition) is 0. The number of nitrogens with zero attached hydrogens (tertiary/aromatic N) is 5. The minimum atomic E-state index is -4.35. The van der Waals surface area contributed by atoms with Crippen molar-refractivity contribution >= 4 is 5.82 Å². The van der Waals surface area contributed by atoms with Crippen LogP contribution in [0, 0.1) is 0 Å². The number of halogens is 3. The van der Waals surface area contributed by atoms with E-state index in [0.29, 0.717) is 31.9 Å². The topological polar surface area (TPSA) is 65.3 Å². The predicted octanol–water partition coefficient (Wildman–Crippen LogP) is 3.43. The van der Waals surface area contributed by atoms with Gasteiger partial charge in [-0.15, -0.1) is 0 Å². The number of alkyl halides is 3. The molecule has 0 radical (unpaired) electrons. The van der Waals surface area contributed by atoms with Crippen LogP contribution in [0.3, 0.4) is 0 Å². The van der Waals surface area contributed by atoms with Gasteiger partial charge in [0.05, 0.1) is 37.2 Å². The minimum Gasteiger partial charge on any atom is -0.493 e. The van der Waals surface area contributed by atoms with Crippen LogP contribution < -0.4 is 9.64 Å². The summed E-state index contributed by atoms with van der Waals surface area (Å²) in [6.07, 6.45) is 1.05. The van der Waals surface area contributed by atoms with Crippen molar-refractivity contribution in [2.75, 3.05) is 31.2 Å². The van der Waals surface area contributed by atoms with Crippen molar-refractivity contribution in [1.82, 2.24) is 19.7 Å².